The first kappa shape index (κ1) is 28.4. The van der Waals surface area contributed by atoms with Crippen LogP contribution in [0.15, 0.2) is 59.2 Å². The number of nitrogens with one attached hydrogen (secondary N) is 1. The third-order valence-electron chi connectivity index (χ3n) is 8.52. The molecule has 2 aliphatic heterocycles. The maximum Gasteiger partial charge on any atom is 0.326 e. The van der Waals surface area contributed by atoms with E-state index in [2.05, 4.69) is 11.4 Å². The Labute approximate surface area is 253 Å². The summed E-state index contributed by atoms with van der Waals surface area (Å²) in [5.41, 5.74) is 2.72. The average molecular weight is 610 g/mol. The van der Waals surface area contributed by atoms with Crippen molar-refractivity contribution in [1.29, 1.82) is 0 Å². The molecule has 0 spiro atoms. The van der Waals surface area contributed by atoms with Crippen LogP contribution in [0.25, 0.3) is 6.08 Å². The maximum atomic E-state index is 13.5. The van der Waals surface area contributed by atoms with E-state index in [9.17, 15) is 19.2 Å². The number of hydrogen-bond donors (Lipinski definition) is 1. The van der Waals surface area contributed by atoms with E-state index in [1.807, 2.05) is 36.4 Å². The molecule has 2 aromatic carbocycles. The van der Waals surface area contributed by atoms with Crippen molar-refractivity contribution in [2.24, 2.45) is 16.9 Å². The average Bonchev–Trinajstić information content (AvgIpc) is 3.73. The minimum atomic E-state index is -1.00. The Kier molecular flexibility index (Phi) is 7.57. The number of nitrogens with zero attached hydrogens (tertiary/aromatic N) is 3. The molecule has 1 saturated heterocycles. The van der Waals surface area contributed by atoms with E-state index in [-0.39, 0.29) is 11.8 Å². The standard InChI is InChI=1S/C31H30Cl2N4O5/c1-31(21-9-10-21)29(40)36(30(41)34-31)16-26(39)42-17-25(38)37-28(19-7-13-23(33)14-8-19)24-4-2-3-20(27(24)35-37)15-18-5-11-22(32)12-6-18/h5-8,11-15,21,24,28H,2-4,9-10,16-17H2,1H3,(H,34,41)/b20-15-. The zero-order chi connectivity index (χ0) is 29.6. The van der Waals surface area contributed by atoms with Crippen molar-refractivity contribution in [3.8, 4) is 0 Å². The van der Waals surface area contributed by atoms with Gasteiger partial charge >= 0.3 is 12.0 Å². The van der Waals surface area contributed by atoms with Crippen molar-refractivity contribution in [3.63, 3.8) is 0 Å². The lowest BCUT2D eigenvalue weighted by molar-refractivity contribution is -0.154. The molecule has 0 radical (unpaired) electrons. The molecule has 3 unspecified atom stereocenters. The van der Waals surface area contributed by atoms with Crippen LogP contribution in [0.5, 0.6) is 0 Å². The number of ether oxygens (including phenoxy) is 1. The summed E-state index contributed by atoms with van der Waals surface area (Å²) in [4.78, 5) is 52.4. The van der Waals surface area contributed by atoms with Gasteiger partial charge in [-0.25, -0.2) is 9.80 Å². The SMILES string of the molecule is CC1(C2CC2)NC(=O)N(CC(=O)OCC(=O)N2N=C3/C(=C\c4ccc(Cl)cc4)CCCC3C2c2ccc(Cl)cc2)C1=O. The number of halogens is 2. The topological polar surface area (TPSA) is 108 Å². The highest BCUT2D eigenvalue weighted by atomic mass is 35.5. The van der Waals surface area contributed by atoms with Gasteiger partial charge in [-0.05, 0) is 92.0 Å². The Bertz CT molecular complexity index is 1500. The third-order valence-corrected chi connectivity index (χ3v) is 9.02. The highest BCUT2D eigenvalue weighted by Crippen LogP contribution is 2.45. The largest absolute Gasteiger partial charge is 0.454 e. The quantitative estimate of drug-likeness (QED) is 0.335. The minimum Gasteiger partial charge on any atom is -0.454 e. The molecule has 3 atom stereocenters. The fourth-order valence-corrected chi connectivity index (χ4v) is 6.39. The molecule has 4 aliphatic rings. The summed E-state index contributed by atoms with van der Waals surface area (Å²) in [5, 5.41) is 10.1. The first-order valence-electron chi connectivity index (χ1n) is 14.1. The predicted molar refractivity (Wildman–Crippen MR) is 158 cm³/mol. The van der Waals surface area contributed by atoms with Gasteiger partial charge in [0.1, 0.15) is 12.1 Å². The lowest BCUT2D eigenvalue weighted by Gasteiger charge is -2.29. The van der Waals surface area contributed by atoms with Gasteiger partial charge in [-0.3, -0.25) is 19.3 Å². The van der Waals surface area contributed by atoms with Gasteiger partial charge < -0.3 is 10.1 Å². The first-order valence-corrected chi connectivity index (χ1v) is 14.8. The van der Waals surface area contributed by atoms with Gasteiger partial charge in [-0.1, -0.05) is 47.5 Å². The lowest BCUT2D eigenvalue weighted by atomic mass is 9.77. The van der Waals surface area contributed by atoms with Crippen LogP contribution in [0.2, 0.25) is 10.0 Å². The van der Waals surface area contributed by atoms with Gasteiger partial charge in [0.05, 0.1) is 11.8 Å². The van der Waals surface area contributed by atoms with Gasteiger partial charge in [0.15, 0.2) is 6.61 Å². The number of fused-ring (bicyclic) bond motifs is 1. The van der Waals surface area contributed by atoms with Gasteiger partial charge in [0.25, 0.3) is 11.8 Å². The fraction of sp³-hybridized carbons (Fsp3) is 0.387. The smallest absolute Gasteiger partial charge is 0.326 e. The Morgan fingerprint density at radius 3 is 2.38 bits per heavy atom. The number of imide groups is 1. The number of amides is 4. The highest BCUT2D eigenvalue weighted by Gasteiger charge is 2.56. The van der Waals surface area contributed by atoms with Gasteiger partial charge in [0, 0.05) is 16.0 Å². The highest BCUT2D eigenvalue weighted by molar-refractivity contribution is 6.30. The molecular weight excluding hydrogens is 579 g/mol. The van der Waals surface area contributed by atoms with E-state index >= 15 is 0 Å². The normalized spacial score (nSPS) is 26.3. The summed E-state index contributed by atoms with van der Waals surface area (Å²) in [5.74, 6) is -1.78. The summed E-state index contributed by atoms with van der Waals surface area (Å²) in [7, 11) is 0. The van der Waals surface area contributed by atoms with Crippen LogP contribution in [0.4, 0.5) is 4.79 Å². The molecule has 6 rings (SSSR count). The Morgan fingerprint density at radius 1 is 1.05 bits per heavy atom. The number of rotatable bonds is 7. The minimum absolute atomic E-state index is 0.0517. The predicted octanol–water partition coefficient (Wildman–Crippen LogP) is 5.38. The van der Waals surface area contributed by atoms with Crippen molar-refractivity contribution in [2.75, 3.05) is 13.2 Å². The number of esters is 1. The van der Waals surface area contributed by atoms with Crippen molar-refractivity contribution in [2.45, 2.75) is 50.6 Å². The molecule has 42 heavy (non-hydrogen) atoms. The van der Waals surface area contributed by atoms with E-state index in [0.717, 1.165) is 59.4 Å². The third kappa shape index (κ3) is 5.43. The van der Waals surface area contributed by atoms with Crippen molar-refractivity contribution < 1.29 is 23.9 Å². The lowest BCUT2D eigenvalue weighted by Crippen LogP contribution is -2.46. The number of urea groups is 1. The van der Waals surface area contributed by atoms with E-state index < -0.39 is 48.5 Å². The van der Waals surface area contributed by atoms with Crippen LogP contribution in [0.3, 0.4) is 0 Å². The number of carbonyl (C=O) groups is 4. The Hall–Kier alpha value is -3.69. The Balaban J connectivity index is 1.20. The summed E-state index contributed by atoms with van der Waals surface area (Å²) in [6.07, 6.45) is 6.34. The summed E-state index contributed by atoms with van der Waals surface area (Å²) in [6, 6.07) is 13.8. The molecule has 0 aromatic heterocycles. The maximum absolute atomic E-state index is 13.5. The van der Waals surface area contributed by atoms with Crippen LogP contribution in [0.1, 0.15) is 56.2 Å². The van der Waals surface area contributed by atoms with E-state index in [1.165, 1.54) is 5.01 Å². The molecule has 2 heterocycles. The molecule has 9 nitrogen and oxygen atoms in total. The fourth-order valence-electron chi connectivity index (χ4n) is 6.14. The molecule has 1 N–H and O–H groups in total. The van der Waals surface area contributed by atoms with E-state index in [4.69, 9.17) is 33.0 Å². The second-order valence-electron chi connectivity index (χ2n) is 11.4. The van der Waals surface area contributed by atoms with Gasteiger partial charge in [-0.15, -0.1) is 0 Å². The van der Waals surface area contributed by atoms with Crippen LogP contribution >= 0.6 is 23.2 Å². The molecule has 2 aliphatic carbocycles. The van der Waals surface area contributed by atoms with Crippen molar-refractivity contribution in [3.05, 3.63) is 75.3 Å². The zero-order valence-corrected chi connectivity index (χ0v) is 24.5. The van der Waals surface area contributed by atoms with Gasteiger partial charge in [-0.2, -0.15) is 5.10 Å². The molecule has 2 aromatic rings. The number of hydrazone groups is 1. The first-order chi connectivity index (χ1) is 20.1. The number of allylic oxidation sites excluding steroid dienone is 1. The number of hydrogen-bond acceptors (Lipinski definition) is 6. The summed E-state index contributed by atoms with van der Waals surface area (Å²) < 4.78 is 5.29. The molecule has 3 fully saturated rings. The van der Waals surface area contributed by atoms with Crippen LogP contribution in [-0.4, -0.2) is 58.1 Å². The molecule has 2 saturated carbocycles. The summed E-state index contributed by atoms with van der Waals surface area (Å²) in [6.45, 7) is 0.538. The molecule has 218 valence electrons. The zero-order valence-electron chi connectivity index (χ0n) is 23.0. The van der Waals surface area contributed by atoms with Crippen molar-refractivity contribution in [1.82, 2.24) is 15.2 Å². The monoisotopic (exact) mass is 608 g/mol. The molecular formula is C31H30Cl2N4O5. The van der Waals surface area contributed by atoms with E-state index in [1.54, 1.807) is 19.1 Å². The van der Waals surface area contributed by atoms with E-state index in [0.29, 0.717) is 10.0 Å². The van der Waals surface area contributed by atoms with Crippen LogP contribution in [0, 0.1) is 11.8 Å². The second-order valence-corrected chi connectivity index (χ2v) is 12.3. The van der Waals surface area contributed by atoms with Gasteiger partial charge in [0.2, 0.25) is 0 Å². The molecule has 4 amide bonds. The second kappa shape index (κ2) is 11.2. The van der Waals surface area contributed by atoms with Crippen molar-refractivity contribution >= 4 is 58.8 Å². The number of benzene rings is 2. The summed E-state index contributed by atoms with van der Waals surface area (Å²) >= 11 is 12.2. The number of carbonyl (C=O) groups excluding carboxylic acids is 4. The van der Waals surface area contributed by atoms with Crippen LogP contribution < -0.4 is 5.32 Å². The molecule has 0 bridgehead atoms. The molecule has 11 heteroatoms. The van der Waals surface area contributed by atoms with Crippen LogP contribution in [-0.2, 0) is 19.1 Å². The Morgan fingerprint density at radius 2 is 1.71 bits per heavy atom.